The Hall–Kier alpha value is -0.800. The summed E-state index contributed by atoms with van der Waals surface area (Å²) in [5, 5.41) is 4.37. The summed E-state index contributed by atoms with van der Waals surface area (Å²) in [6, 6.07) is 44.2. The molecule has 1 unspecified atom stereocenters. The summed E-state index contributed by atoms with van der Waals surface area (Å²) < 4.78 is 0. The van der Waals surface area contributed by atoms with Gasteiger partial charge in [-0.05, 0) is 51.9 Å². The fourth-order valence-electron chi connectivity index (χ4n) is 3.82. The Morgan fingerprint density at radius 1 is 0.433 bits per heavy atom. The van der Waals surface area contributed by atoms with Crippen molar-refractivity contribution in [2.45, 2.75) is 6.42 Å². The maximum atomic E-state index is 2.32. The minimum Gasteiger partial charge on any atom is -1.00 e. The second kappa shape index (κ2) is 13.6. The van der Waals surface area contributed by atoms with Crippen molar-refractivity contribution in [2.75, 3.05) is 6.16 Å². The highest BCUT2D eigenvalue weighted by atomic mass is 127. The van der Waals surface area contributed by atoms with Crippen molar-refractivity contribution in [3.63, 3.8) is 0 Å². The van der Waals surface area contributed by atoms with Gasteiger partial charge in [-0.1, -0.05) is 84.9 Å². The molecule has 4 heteroatoms. The van der Waals surface area contributed by atoms with Gasteiger partial charge in [-0.3, -0.25) is 0 Å². The van der Waals surface area contributed by atoms with Crippen molar-refractivity contribution < 1.29 is 48.0 Å². The van der Waals surface area contributed by atoms with Crippen molar-refractivity contribution >= 4 is 33.1 Å². The van der Waals surface area contributed by atoms with E-state index in [2.05, 4.69) is 121 Å². The molecule has 0 aliphatic heterocycles. The molecule has 0 fully saturated rings. The van der Waals surface area contributed by atoms with Crippen molar-refractivity contribution in [1.29, 1.82) is 0 Å². The number of benzene rings is 4. The minimum absolute atomic E-state index is 0. The second-order valence-corrected chi connectivity index (χ2v) is 10.4. The van der Waals surface area contributed by atoms with Crippen LogP contribution in [0.4, 0.5) is 0 Å². The number of hydrogen-bond donors (Lipinski definition) is 0. The molecule has 30 heavy (non-hydrogen) atoms. The van der Waals surface area contributed by atoms with E-state index in [9.17, 15) is 0 Å². The molecule has 0 aliphatic rings. The molecule has 1 atom stereocenters. The van der Waals surface area contributed by atoms with E-state index in [1.54, 1.807) is 0 Å². The Balaban J connectivity index is 0.00000150. The van der Waals surface area contributed by atoms with Crippen LogP contribution in [0.2, 0.25) is 0 Å². The van der Waals surface area contributed by atoms with Gasteiger partial charge >= 0.3 is 0 Å². The molecule has 0 nitrogen and oxygen atoms in total. The standard InChI is InChI=1S/C26H24P.2HI.H3P/c1-5-13-23(14-6-1)21-22-27(24-15-7-2-8-16-24,25-17-9-3-10-18-25)26-19-11-4-12-20-26;;;/h1-20H,21-22H2;2*1H;1H3/q+1;;;/p-1. The maximum absolute atomic E-state index is 2.32. The lowest BCUT2D eigenvalue weighted by Crippen LogP contribution is -3.00. The van der Waals surface area contributed by atoms with Crippen LogP contribution in [-0.2, 0) is 6.42 Å². The molecule has 0 bridgehead atoms. The Morgan fingerprint density at radius 3 is 1.07 bits per heavy atom. The van der Waals surface area contributed by atoms with Crippen molar-refractivity contribution in [3.8, 4) is 0 Å². The highest BCUT2D eigenvalue weighted by Crippen LogP contribution is 2.55. The average Bonchev–Trinajstić information content (AvgIpc) is 2.77. The van der Waals surface area contributed by atoms with Gasteiger partial charge in [-0.25, -0.2) is 0 Å². The van der Waals surface area contributed by atoms with Crippen molar-refractivity contribution in [3.05, 3.63) is 127 Å². The van der Waals surface area contributed by atoms with Crippen LogP contribution in [0.15, 0.2) is 121 Å². The molecule has 0 spiro atoms. The molecule has 0 saturated heterocycles. The van der Waals surface area contributed by atoms with E-state index in [1.807, 2.05) is 0 Å². The van der Waals surface area contributed by atoms with Gasteiger partial charge in [0.2, 0.25) is 0 Å². The van der Waals surface area contributed by atoms with Crippen LogP contribution in [0, 0.1) is 0 Å². The predicted octanol–water partition coefficient (Wildman–Crippen LogP) is -0.978. The lowest BCUT2D eigenvalue weighted by molar-refractivity contribution is -0.00100. The van der Waals surface area contributed by atoms with Gasteiger partial charge in [-0.2, -0.15) is 0 Å². The fraction of sp³-hybridized carbons (Fsp3) is 0.0769. The molecule has 0 heterocycles. The predicted molar refractivity (Wildman–Crippen MR) is 133 cm³/mol. The zero-order valence-electron chi connectivity index (χ0n) is 17.2. The van der Waals surface area contributed by atoms with Crippen LogP contribution in [0.25, 0.3) is 0 Å². The van der Waals surface area contributed by atoms with Crippen LogP contribution in [0.1, 0.15) is 5.56 Å². The van der Waals surface area contributed by atoms with Gasteiger partial charge < -0.3 is 48.0 Å². The third-order valence-electron chi connectivity index (χ3n) is 5.17. The molecule has 0 aliphatic carbocycles. The Bertz CT molecular complexity index is 866. The van der Waals surface area contributed by atoms with Crippen LogP contribution >= 0.6 is 17.2 Å². The van der Waals surface area contributed by atoms with E-state index in [0.717, 1.165) is 12.6 Å². The summed E-state index contributed by atoms with van der Waals surface area (Å²) in [6.45, 7) is 0. The van der Waals surface area contributed by atoms with Crippen molar-refractivity contribution in [2.24, 2.45) is 0 Å². The smallest absolute Gasteiger partial charge is 0.112 e. The number of hydrogen-bond acceptors (Lipinski definition) is 0. The Labute approximate surface area is 218 Å². The summed E-state index contributed by atoms with van der Waals surface area (Å²) >= 11 is 0. The Kier molecular flexibility index (Phi) is 12.3. The van der Waals surface area contributed by atoms with Crippen LogP contribution in [0.5, 0.6) is 0 Å². The molecule has 4 aromatic rings. The average molecular weight is 656 g/mol. The monoisotopic (exact) mass is 656 g/mol. The first-order valence-electron chi connectivity index (χ1n) is 9.48. The first-order valence-corrected chi connectivity index (χ1v) is 11.5. The number of halogens is 2. The zero-order chi connectivity index (χ0) is 18.4. The topological polar surface area (TPSA) is 0 Å². The lowest BCUT2D eigenvalue weighted by Gasteiger charge is -2.27. The van der Waals surface area contributed by atoms with Gasteiger partial charge in [0.25, 0.3) is 0 Å². The van der Waals surface area contributed by atoms with E-state index in [1.165, 1.54) is 21.5 Å². The molecule has 0 aromatic heterocycles. The molecule has 156 valence electrons. The summed E-state index contributed by atoms with van der Waals surface area (Å²) in [5.41, 5.74) is 1.41. The molecule has 0 radical (unpaired) electrons. The minimum atomic E-state index is -1.72. The van der Waals surface area contributed by atoms with Crippen molar-refractivity contribution in [1.82, 2.24) is 0 Å². The zero-order valence-corrected chi connectivity index (χ0v) is 24.4. The summed E-state index contributed by atoms with van der Waals surface area (Å²) in [5.74, 6) is 0. The van der Waals surface area contributed by atoms with E-state index >= 15 is 0 Å². The summed E-state index contributed by atoms with van der Waals surface area (Å²) in [4.78, 5) is 0. The van der Waals surface area contributed by atoms with Gasteiger partial charge in [0, 0.05) is 6.42 Å². The number of rotatable bonds is 6. The molecule has 0 N–H and O–H groups in total. The molecular formula is C26H28I2P2. The van der Waals surface area contributed by atoms with E-state index < -0.39 is 7.26 Å². The quantitative estimate of drug-likeness (QED) is 0.185. The largest absolute Gasteiger partial charge is 1.00 e. The third-order valence-corrected chi connectivity index (χ3v) is 9.60. The molecule has 0 saturated carbocycles. The van der Waals surface area contributed by atoms with Crippen LogP contribution < -0.4 is 63.9 Å². The Morgan fingerprint density at radius 2 is 0.733 bits per heavy atom. The third kappa shape index (κ3) is 6.13. The second-order valence-electron chi connectivity index (χ2n) is 6.78. The van der Waals surface area contributed by atoms with Gasteiger partial charge in [0.05, 0.1) is 6.16 Å². The van der Waals surface area contributed by atoms with E-state index in [4.69, 9.17) is 0 Å². The highest BCUT2D eigenvalue weighted by Gasteiger charge is 2.44. The first-order chi connectivity index (χ1) is 13.4. The van der Waals surface area contributed by atoms with Gasteiger partial charge in [-0.15, -0.1) is 0 Å². The summed E-state index contributed by atoms with van der Waals surface area (Å²) in [6.07, 6.45) is 2.21. The highest BCUT2D eigenvalue weighted by molar-refractivity contribution is 7.95. The van der Waals surface area contributed by atoms with E-state index in [0.29, 0.717) is 0 Å². The molecule has 4 aromatic carbocycles. The number of aryl methyl sites for hydroxylation is 1. The van der Waals surface area contributed by atoms with Crippen LogP contribution in [0.3, 0.4) is 0 Å². The maximum Gasteiger partial charge on any atom is 0.112 e. The SMILES string of the molecule is [I-].[I-].[PH4+].c1ccc(CC[P+](c2ccccc2)(c2ccccc2)c2ccccc2)cc1. The molecule has 4 rings (SSSR count). The van der Waals surface area contributed by atoms with Crippen LogP contribution in [-0.4, -0.2) is 6.16 Å². The van der Waals surface area contributed by atoms with Gasteiger partial charge in [0.1, 0.15) is 23.2 Å². The summed E-state index contributed by atoms with van der Waals surface area (Å²) in [7, 11) is -1.72. The molecular weight excluding hydrogens is 628 g/mol. The lowest BCUT2D eigenvalue weighted by atomic mass is 10.2. The van der Waals surface area contributed by atoms with E-state index in [-0.39, 0.29) is 57.9 Å². The first kappa shape index (κ1) is 27.2. The van der Waals surface area contributed by atoms with Gasteiger partial charge in [0.15, 0.2) is 0 Å². The fourth-order valence-corrected chi connectivity index (χ4v) is 8.13. The normalized spacial score (nSPS) is 10.1. The molecule has 0 amide bonds.